The number of halogens is 1. The Bertz CT molecular complexity index is 591. The fourth-order valence-corrected chi connectivity index (χ4v) is 2.23. The van der Waals surface area contributed by atoms with Crippen LogP contribution in [0, 0.1) is 5.95 Å². The van der Waals surface area contributed by atoms with E-state index >= 15 is 0 Å². The summed E-state index contributed by atoms with van der Waals surface area (Å²) in [6, 6.07) is 12.5. The van der Waals surface area contributed by atoms with Gasteiger partial charge in [0, 0.05) is 0 Å². The molecule has 0 spiro atoms. The van der Waals surface area contributed by atoms with Crippen molar-refractivity contribution < 1.29 is 9.18 Å². The minimum absolute atomic E-state index is 0.0490. The molecule has 1 aromatic carbocycles. The van der Waals surface area contributed by atoms with Crippen LogP contribution in [0.3, 0.4) is 0 Å². The number of amides is 1. The van der Waals surface area contributed by atoms with Crippen molar-refractivity contribution in [2.45, 2.75) is 18.3 Å². The summed E-state index contributed by atoms with van der Waals surface area (Å²) < 4.78 is 12.7. The first-order valence-corrected chi connectivity index (χ1v) is 6.19. The Morgan fingerprint density at radius 2 is 1.89 bits per heavy atom. The van der Waals surface area contributed by atoms with Crippen LogP contribution < -0.4 is 5.32 Å². The summed E-state index contributed by atoms with van der Waals surface area (Å²) in [5.74, 6) is -0.602. The fourth-order valence-electron chi connectivity index (χ4n) is 2.23. The molecular formula is C15H13FN2O. The zero-order valence-electron chi connectivity index (χ0n) is 10.3. The van der Waals surface area contributed by atoms with Gasteiger partial charge in [-0.1, -0.05) is 30.3 Å². The van der Waals surface area contributed by atoms with Gasteiger partial charge >= 0.3 is 0 Å². The summed E-state index contributed by atoms with van der Waals surface area (Å²) in [5, 5.41) is 2.80. The summed E-state index contributed by atoms with van der Waals surface area (Å²) in [6.07, 6.45) is 3.02. The lowest BCUT2D eigenvalue weighted by atomic mass is 9.95. The van der Waals surface area contributed by atoms with Crippen molar-refractivity contribution in [1.82, 2.24) is 4.98 Å². The quantitative estimate of drug-likeness (QED) is 0.858. The highest BCUT2D eigenvalue weighted by atomic mass is 19.1. The third-order valence-corrected chi connectivity index (χ3v) is 3.50. The van der Waals surface area contributed by atoms with Crippen molar-refractivity contribution in [2.75, 3.05) is 5.32 Å². The first kappa shape index (κ1) is 11.8. The lowest BCUT2D eigenvalue weighted by Gasteiger charge is -2.15. The number of aromatic nitrogens is 1. The minimum atomic E-state index is -0.554. The van der Waals surface area contributed by atoms with Crippen LogP contribution in [0.1, 0.15) is 18.4 Å². The molecule has 1 amide bonds. The van der Waals surface area contributed by atoms with E-state index < -0.39 is 11.4 Å². The molecule has 4 heteroatoms. The van der Waals surface area contributed by atoms with Crippen LogP contribution >= 0.6 is 0 Å². The molecule has 0 bridgehead atoms. The SMILES string of the molecule is O=C(Nc1ccc(F)nc1)C1(c2ccccc2)CC1. The first-order valence-electron chi connectivity index (χ1n) is 6.19. The maximum absolute atomic E-state index is 12.7. The highest BCUT2D eigenvalue weighted by Crippen LogP contribution is 2.48. The van der Waals surface area contributed by atoms with E-state index in [1.807, 2.05) is 30.3 Å². The van der Waals surface area contributed by atoms with Crippen LogP contribution in [0.15, 0.2) is 48.7 Å². The van der Waals surface area contributed by atoms with E-state index in [1.54, 1.807) is 0 Å². The molecule has 0 unspecified atom stereocenters. The Kier molecular flexibility index (Phi) is 2.78. The van der Waals surface area contributed by atoms with Gasteiger partial charge in [-0.2, -0.15) is 4.39 Å². The van der Waals surface area contributed by atoms with Crippen molar-refractivity contribution >= 4 is 11.6 Å². The largest absolute Gasteiger partial charge is 0.324 e. The molecule has 0 saturated heterocycles. The fraction of sp³-hybridized carbons (Fsp3) is 0.200. The highest BCUT2D eigenvalue weighted by molar-refractivity contribution is 6.01. The van der Waals surface area contributed by atoms with Crippen LogP contribution in [-0.2, 0) is 10.2 Å². The number of anilines is 1. The van der Waals surface area contributed by atoms with E-state index in [-0.39, 0.29) is 5.91 Å². The third kappa shape index (κ3) is 2.21. The molecule has 0 atom stereocenters. The van der Waals surface area contributed by atoms with Gasteiger partial charge in [0.2, 0.25) is 11.9 Å². The van der Waals surface area contributed by atoms with Crippen molar-refractivity contribution in [1.29, 1.82) is 0 Å². The van der Waals surface area contributed by atoms with Crippen LogP contribution in [0.4, 0.5) is 10.1 Å². The molecule has 0 aliphatic heterocycles. The van der Waals surface area contributed by atoms with Crippen LogP contribution in [-0.4, -0.2) is 10.9 Å². The van der Waals surface area contributed by atoms with E-state index in [4.69, 9.17) is 0 Å². The molecule has 1 aliphatic rings. The number of rotatable bonds is 3. The van der Waals surface area contributed by atoms with Gasteiger partial charge in [0.25, 0.3) is 0 Å². The topological polar surface area (TPSA) is 42.0 Å². The molecule has 1 N–H and O–H groups in total. The summed E-state index contributed by atoms with van der Waals surface area (Å²) in [7, 11) is 0. The molecule has 2 aromatic rings. The molecule has 1 aromatic heterocycles. The summed E-state index contributed by atoms with van der Waals surface area (Å²) in [6.45, 7) is 0. The molecule has 1 aliphatic carbocycles. The van der Waals surface area contributed by atoms with Crippen LogP contribution in [0.25, 0.3) is 0 Å². The Morgan fingerprint density at radius 1 is 1.16 bits per heavy atom. The molecule has 1 heterocycles. The van der Waals surface area contributed by atoms with Gasteiger partial charge in [0.1, 0.15) is 0 Å². The van der Waals surface area contributed by atoms with Gasteiger partial charge in [-0.05, 0) is 30.5 Å². The van der Waals surface area contributed by atoms with E-state index in [1.165, 1.54) is 18.3 Å². The number of nitrogens with one attached hydrogen (secondary N) is 1. The monoisotopic (exact) mass is 256 g/mol. The van der Waals surface area contributed by atoms with Crippen molar-refractivity contribution in [3.63, 3.8) is 0 Å². The van der Waals surface area contributed by atoms with E-state index in [9.17, 15) is 9.18 Å². The Balaban J connectivity index is 1.79. The second-order valence-corrected chi connectivity index (χ2v) is 4.77. The average molecular weight is 256 g/mol. The lowest BCUT2D eigenvalue weighted by Crippen LogP contribution is -2.27. The molecule has 19 heavy (non-hydrogen) atoms. The van der Waals surface area contributed by atoms with Crippen molar-refractivity contribution in [3.05, 3.63) is 60.2 Å². The number of hydrogen-bond donors (Lipinski definition) is 1. The Morgan fingerprint density at radius 3 is 2.47 bits per heavy atom. The normalized spacial score (nSPS) is 15.8. The summed E-state index contributed by atoms with van der Waals surface area (Å²) in [5.41, 5.74) is 1.13. The number of benzene rings is 1. The average Bonchev–Trinajstić information content (AvgIpc) is 3.24. The van der Waals surface area contributed by atoms with E-state index in [2.05, 4.69) is 10.3 Å². The zero-order chi connectivity index (χ0) is 13.3. The molecule has 0 radical (unpaired) electrons. The highest BCUT2D eigenvalue weighted by Gasteiger charge is 2.51. The Labute approximate surface area is 110 Å². The second kappa shape index (κ2) is 4.46. The van der Waals surface area contributed by atoms with E-state index in [0.717, 1.165) is 18.4 Å². The molecule has 1 saturated carbocycles. The molecule has 1 fully saturated rings. The van der Waals surface area contributed by atoms with Crippen molar-refractivity contribution in [3.8, 4) is 0 Å². The van der Waals surface area contributed by atoms with Crippen LogP contribution in [0.5, 0.6) is 0 Å². The smallest absolute Gasteiger partial charge is 0.235 e. The van der Waals surface area contributed by atoms with Gasteiger partial charge in [0.15, 0.2) is 0 Å². The van der Waals surface area contributed by atoms with E-state index in [0.29, 0.717) is 5.69 Å². The predicted octanol–water partition coefficient (Wildman–Crippen LogP) is 2.89. The number of hydrogen-bond acceptors (Lipinski definition) is 2. The van der Waals surface area contributed by atoms with Gasteiger partial charge in [-0.15, -0.1) is 0 Å². The zero-order valence-corrected chi connectivity index (χ0v) is 10.3. The third-order valence-electron chi connectivity index (χ3n) is 3.50. The summed E-state index contributed by atoms with van der Waals surface area (Å²) >= 11 is 0. The second-order valence-electron chi connectivity index (χ2n) is 4.77. The number of pyridine rings is 1. The molecular weight excluding hydrogens is 243 g/mol. The molecule has 96 valence electrons. The molecule has 3 rings (SSSR count). The summed E-state index contributed by atoms with van der Waals surface area (Å²) in [4.78, 5) is 15.9. The maximum Gasteiger partial charge on any atom is 0.235 e. The minimum Gasteiger partial charge on any atom is -0.324 e. The predicted molar refractivity (Wildman–Crippen MR) is 70.2 cm³/mol. The van der Waals surface area contributed by atoms with Gasteiger partial charge < -0.3 is 5.32 Å². The standard InChI is InChI=1S/C15H13FN2O/c16-13-7-6-12(10-17-13)18-14(19)15(8-9-15)11-4-2-1-3-5-11/h1-7,10H,8-9H2,(H,18,19). The maximum atomic E-state index is 12.7. The lowest BCUT2D eigenvalue weighted by molar-refractivity contribution is -0.118. The van der Waals surface area contributed by atoms with Gasteiger partial charge in [0.05, 0.1) is 17.3 Å². The van der Waals surface area contributed by atoms with Crippen LogP contribution in [0.2, 0.25) is 0 Å². The number of carbonyl (C=O) groups excluding carboxylic acids is 1. The molecule has 3 nitrogen and oxygen atoms in total. The van der Waals surface area contributed by atoms with Crippen molar-refractivity contribution in [2.24, 2.45) is 0 Å². The van der Waals surface area contributed by atoms with Gasteiger partial charge in [-0.3, -0.25) is 4.79 Å². The first-order chi connectivity index (χ1) is 9.21. The van der Waals surface area contributed by atoms with Gasteiger partial charge in [-0.25, -0.2) is 4.98 Å². The number of nitrogens with zero attached hydrogens (tertiary/aromatic N) is 1. The number of carbonyl (C=O) groups is 1. The Hall–Kier alpha value is -2.23.